The third kappa shape index (κ3) is 2.96. The van der Waals surface area contributed by atoms with Gasteiger partial charge in [0.2, 0.25) is 5.88 Å². The van der Waals surface area contributed by atoms with E-state index in [4.69, 9.17) is 16.3 Å². The van der Waals surface area contributed by atoms with Gasteiger partial charge in [-0.3, -0.25) is 0 Å². The highest BCUT2D eigenvalue weighted by molar-refractivity contribution is 6.29. The van der Waals surface area contributed by atoms with Gasteiger partial charge in [-0.25, -0.2) is 9.37 Å². The van der Waals surface area contributed by atoms with Crippen molar-refractivity contribution < 1.29 is 9.13 Å². The molecule has 0 atom stereocenters. The maximum absolute atomic E-state index is 13.5. The fraction of sp³-hybridized carbons (Fsp3) is 0.231. The molecule has 0 aliphatic carbocycles. The topological polar surface area (TPSA) is 35.0 Å². The number of benzene rings is 1. The quantitative estimate of drug-likeness (QED) is 0.790. The number of rotatable bonds is 3. The maximum atomic E-state index is 13.5. The zero-order chi connectivity index (χ0) is 13.1. The van der Waals surface area contributed by atoms with E-state index in [2.05, 4.69) is 9.97 Å². The molecule has 0 unspecified atom stereocenters. The van der Waals surface area contributed by atoms with E-state index in [1.54, 1.807) is 12.1 Å². The Bertz CT molecular complexity index is 575. The summed E-state index contributed by atoms with van der Waals surface area (Å²) in [7, 11) is 0. The summed E-state index contributed by atoms with van der Waals surface area (Å²) >= 11 is 5.84. The van der Waals surface area contributed by atoms with Crippen molar-refractivity contribution in [3.05, 3.63) is 46.6 Å². The molecule has 94 valence electrons. The lowest BCUT2D eigenvalue weighted by Crippen LogP contribution is -1.97. The molecule has 0 aliphatic rings. The summed E-state index contributed by atoms with van der Waals surface area (Å²) in [5.74, 6) is 0.502. The van der Waals surface area contributed by atoms with E-state index >= 15 is 0 Å². The summed E-state index contributed by atoms with van der Waals surface area (Å²) < 4.78 is 18.9. The van der Waals surface area contributed by atoms with Gasteiger partial charge in [0.15, 0.2) is 11.6 Å². The minimum atomic E-state index is -0.437. The van der Waals surface area contributed by atoms with Crippen LogP contribution in [0.4, 0.5) is 4.39 Å². The highest BCUT2D eigenvalue weighted by Crippen LogP contribution is 2.25. The summed E-state index contributed by atoms with van der Waals surface area (Å²) in [4.78, 5) is 8.15. The zero-order valence-corrected chi connectivity index (χ0v) is 10.8. The molecule has 1 heterocycles. The van der Waals surface area contributed by atoms with Gasteiger partial charge in [0, 0.05) is 12.5 Å². The molecule has 18 heavy (non-hydrogen) atoms. The second-order valence-electron chi connectivity index (χ2n) is 3.83. The van der Waals surface area contributed by atoms with Crippen molar-refractivity contribution >= 4 is 11.6 Å². The predicted molar refractivity (Wildman–Crippen MR) is 67.6 cm³/mol. The van der Waals surface area contributed by atoms with Crippen LogP contribution in [0.15, 0.2) is 24.3 Å². The van der Waals surface area contributed by atoms with Gasteiger partial charge in [0.1, 0.15) is 11.0 Å². The Hall–Kier alpha value is -1.68. The highest BCUT2D eigenvalue weighted by Gasteiger charge is 2.08. The molecule has 2 aromatic rings. The molecular weight excluding hydrogens is 255 g/mol. The monoisotopic (exact) mass is 266 g/mol. The number of hydrogen-bond acceptors (Lipinski definition) is 3. The largest absolute Gasteiger partial charge is 0.436 e. The van der Waals surface area contributed by atoms with Crippen molar-refractivity contribution in [1.29, 1.82) is 0 Å². The van der Waals surface area contributed by atoms with Crippen LogP contribution in [-0.4, -0.2) is 9.97 Å². The van der Waals surface area contributed by atoms with Crippen LogP contribution in [0.3, 0.4) is 0 Å². The minimum Gasteiger partial charge on any atom is -0.436 e. The number of nitrogens with zero attached hydrogens (tertiary/aromatic N) is 2. The standard InChI is InChI=1S/C13H12ClFN2O/c1-3-12-16-11(14)7-13(17-12)18-10-6-8(2)4-5-9(10)15/h4-7H,3H2,1-2H3. The van der Waals surface area contributed by atoms with Crippen LogP contribution in [0.1, 0.15) is 18.3 Å². The molecule has 0 bridgehead atoms. The number of halogens is 2. The van der Waals surface area contributed by atoms with Gasteiger partial charge in [-0.1, -0.05) is 24.6 Å². The van der Waals surface area contributed by atoms with Crippen molar-refractivity contribution in [2.75, 3.05) is 0 Å². The number of hydrogen-bond donors (Lipinski definition) is 0. The average Bonchev–Trinajstić information content (AvgIpc) is 2.33. The van der Waals surface area contributed by atoms with Crippen molar-refractivity contribution in [2.45, 2.75) is 20.3 Å². The first-order valence-corrected chi connectivity index (χ1v) is 5.93. The van der Waals surface area contributed by atoms with Crippen LogP contribution >= 0.6 is 11.6 Å². The Balaban J connectivity index is 2.33. The fourth-order valence-electron chi connectivity index (χ4n) is 1.45. The average molecular weight is 267 g/mol. The first-order valence-electron chi connectivity index (χ1n) is 5.56. The van der Waals surface area contributed by atoms with Crippen LogP contribution < -0.4 is 4.74 Å². The number of ether oxygens (including phenoxy) is 1. The molecule has 0 spiro atoms. The molecule has 0 amide bonds. The van der Waals surface area contributed by atoms with Crippen LogP contribution in [0.5, 0.6) is 11.6 Å². The van der Waals surface area contributed by atoms with Gasteiger partial charge in [-0.05, 0) is 24.6 Å². The van der Waals surface area contributed by atoms with Crippen LogP contribution in [0, 0.1) is 12.7 Å². The van der Waals surface area contributed by atoms with E-state index in [1.165, 1.54) is 12.1 Å². The highest BCUT2D eigenvalue weighted by atomic mass is 35.5. The van der Waals surface area contributed by atoms with Gasteiger partial charge in [0.05, 0.1) is 0 Å². The molecule has 0 fully saturated rings. The summed E-state index contributed by atoms with van der Waals surface area (Å²) in [5.41, 5.74) is 0.905. The molecule has 3 nitrogen and oxygen atoms in total. The number of aryl methyl sites for hydroxylation is 2. The fourth-order valence-corrected chi connectivity index (χ4v) is 1.64. The SMILES string of the molecule is CCc1nc(Cl)cc(Oc2cc(C)ccc2F)n1. The van der Waals surface area contributed by atoms with Gasteiger partial charge < -0.3 is 4.74 Å². The Morgan fingerprint density at radius 2 is 2.06 bits per heavy atom. The molecular formula is C13H12ClFN2O. The summed E-state index contributed by atoms with van der Waals surface area (Å²) in [6.07, 6.45) is 0.632. The Labute approximate surface area is 110 Å². The lowest BCUT2D eigenvalue weighted by Gasteiger charge is -2.08. The van der Waals surface area contributed by atoms with Crippen LogP contribution in [-0.2, 0) is 6.42 Å². The predicted octanol–water partition coefficient (Wildman–Crippen LogP) is 3.93. The first-order chi connectivity index (χ1) is 8.58. The van der Waals surface area contributed by atoms with Gasteiger partial charge in [-0.15, -0.1) is 0 Å². The minimum absolute atomic E-state index is 0.131. The van der Waals surface area contributed by atoms with E-state index in [0.717, 1.165) is 5.56 Å². The zero-order valence-electron chi connectivity index (χ0n) is 10.1. The third-order valence-electron chi connectivity index (χ3n) is 2.34. The summed E-state index contributed by atoms with van der Waals surface area (Å²) in [5, 5.41) is 0.282. The van der Waals surface area contributed by atoms with Crippen molar-refractivity contribution in [1.82, 2.24) is 9.97 Å². The summed E-state index contributed by atoms with van der Waals surface area (Å²) in [6.45, 7) is 3.76. The van der Waals surface area contributed by atoms with E-state index in [9.17, 15) is 4.39 Å². The molecule has 2 rings (SSSR count). The van der Waals surface area contributed by atoms with Gasteiger partial charge in [0.25, 0.3) is 0 Å². The molecule has 0 N–H and O–H groups in total. The normalized spacial score (nSPS) is 10.4. The number of aromatic nitrogens is 2. The van der Waals surface area contributed by atoms with Crippen molar-refractivity contribution in [3.8, 4) is 11.6 Å². The molecule has 5 heteroatoms. The maximum Gasteiger partial charge on any atom is 0.224 e. The Morgan fingerprint density at radius 3 is 2.78 bits per heavy atom. The Morgan fingerprint density at radius 1 is 1.28 bits per heavy atom. The van der Waals surface area contributed by atoms with E-state index in [0.29, 0.717) is 12.2 Å². The lowest BCUT2D eigenvalue weighted by atomic mass is 10.2. The van der Waals surface area contributed by atoms with Crippen molar-refractivity contribution in [3.63, 3.8) is 0 Å². The molecule has 0 radical (unpaired) electrons. The molecule has 0 aliphatic heterocycles. The first kappa shape index (κ1) is 12.8. The van der Waals surface area contributed by atoms with E-state index < -0.39 is 5.82 Å². The molecule has 1 aromatic heterocycles. The third-order valence-corrected chi connectivity index (χ3v) is 2.53. The second kappa shape index (κ2) is 5.31. The van der Waals surface area contributed by atoms with Crippen molar-refractivity contribution in [2.24, 2.45) is 0 Å². The smallest absolute Gasteiger partial charge is 0.224 e. The lowest BCUT2D eigenvalue weighted by molar-refractivity contribution is 0.424. The van der Waals surface area contributed by atoms with Gasteiger partial charge in [-0.2, -0.15) is 4.98 Å². The van der Waals surface area contributed by atoms with E-state index in [-0.39, 0.29) is 16.8 Å². The van der Waals surface area contributed by atoms with Crippen LogP contribution in [0.2, 0.25) is 5.15 Å². The second-order valence-corrected chi connectivity index (χ2v) is 4.22. The summed E-state index contributed by atoms with van der Waals surface area (Å²) in [6, 6.07) is 6.10. The molecule has 1 aromatic carbocycles. The van der Waals surface area contributed by atoms with E-state index in [1.807, 2.05) is 13.8 Å². The molecule has 0 saturated carbocycles. The Kier molecular flexibility index (Phi) is 3.77. The van der Waals surface area contributed by atoms with Crippen LogP contribution in [0.25, 0.3) is 0 Å². The molecule has 0 saturated heterocycles. The van der Waals surface area contributed by atoms with Gasteiger partial charge >= 0.3 is 0 Å².